The van der Waals surface area contributed by atoms with E-state index in [9.17, 15) is 4.79 Å². The van der Waals surface area contributed by atoms with E-state index in [1.807, 2.05) is 0 Å². The molecule has 1 amide bonds. The van der Waals surface area contributed by atoms with Crippen molar-refractivity contribution >= 4 is 17.3 Å². The highest BCUT2D eigenvalue weighted by molar-refractivity contribution is 5.93. The minimum atomic E-state index is 0.0826. The van der Waals surface area contributed by atoms with E-state index >= 15 is 0 Å². The van der Waals surface area contributed by atoms with Gasteiger partial charge in [-0.1, -0.05) is 37.3 Å². The summed E-state index contributed by atoms with van der Waals surface area (Å²) in [6.45, 7) is 12.7. The second-order valence-corrected chi connectivity index (χ2v) is 7.49. The molecule has 2 aromatic carbocycles. The third-order valence-corrected chi connectivity index (χ3v) is 5.66. The Bertz CT molecular complexity index is 807. The van der Waals surface area contributed by atoms with Crippen molar-refractivity contribution in [2.45, 2.75) is 34.1 Å². The number of piperazine rings is 1. The summed E-state index contributed by atoms with van der Waals surface area (Å²) in [5.41, 5.74) is 7.32. The van der Waals surface area contributed by atoms with Gasteiger partial charge in [0.15, 0.2) is 0 Å². The van der Waals surface area contributed by atoms with Crippen LogP contribution in [0.15, 0.2) is 36.4 Å². The minimum Gasteiger partial charge on any atom is -0.369 e. The molecule has 0 unspecified atom stereocenters. The van der Waals surface area contributed by atoms with E-state index in [1.165, 1.54) is 22.4 Å². The van der Waals surface area contributed by atoms with Gasteiger partial charge in [0.1, 0.15) is 0 Å². The molecule has 1 N–H and O–H groups in total. The molecule has 1 heterocycles. The zero-order chi connectivity index (χ0) is 19.4. The van der Waals surface area contributed by atoms with Crippen LogP contribution >= 0.6 is 0 Å². The van der Waals surface area contributed by atoms with Crippen LogP contribution in [-0.4, -0.2) is 43.5 Å². The van der Waals surface area contributed by atoms with Gasteiger partial charge in [0.25, 0.3) is 0 Å². The number of hydrogen-bond acceptors (Lipinski definition) is 3. The van der Waals surface area contributed by atoms with Gasteiger partial charge < -0.3 is 10.2 Å². The van der Waals surface area contributed by atoms with Crippen molar-refractivity contribution < 1.29 is 4.79 Å². The molecule has 0 atom stereocenters. The van der Waals surface area contributed by atoms with E-state index in [1.54, 1.807) is 0 Å². The number of anilines is 2. The van der Waals surface area contributed by atoms with Gasteiger partial charge in [-0.3, -0.25) is 9.69 Å². The Balaban J connectivity index is 1.56. The second kappa shape index (κ2) is 8.57. The monoisotopic (exact) mass is 365 g/mol. The van der Waals surface area contributed by atoms with Crippen molar-refractivity contribution in [3.8, 4) is 0 Å². The van der Waals surface area contributed by atoms with Crippen molar-refractivity contribution in [1.29, 1.82) is 0 Å². The van der Waals surface area contributed by atoms with Gasteiger partial charge in [-0.25, -0.2) is 0 Å². The van der Waals surface area contributed by atoms with Crippen LogP contribution in [0.5, 0.6) is 0 Å². The molecule has 0 saturated carbocycles. The van der Waals surface area contributed by atoms with Crippen LogP contribution in [-0.2, 0) is 11.2 Å². The highest BCUT2D eigenvalue weighted by atomic mass is 16.2. The summed E-state index contributed by atoms with van der Waals surface area (Å²) in [7, 11) is 0. The van der Waals surface area contributed by atoms with Crippen molar-refractivity contribution in [3.05, 3.63) is 58.7 Å². The standard InChI is InChI=1S/C23H31N3O/c1-5-20-10-6-9-18(3)23(20)24-22(27)16-25-12-14-26(15-13-25)21-11-7-8-17(2)19(21)4/h6-11H,5,12-16H2,1-4H3,(H,24,27). The minimum absolute atomic E-state index is 0.0826. The Morgan fingerprint density at radius 3 is 2.33 bits per heavy atom. The normalized spacial score (nSPS) is 15.0. The van der Waals surface area contributed by atoms with Gasteiger partial charge in [0, 0.05) is 37.6 Å². The number of amides is 1. The lowest BCUT2D eigenvalue weighted by Gasteiger charge is -2.36. The maximum atomic E-state index is 12.6. The fraction of sp³-hybridized carbons (Fsp3) is 0.435. The predicted octanol–water partition coefficient (Wildman–Crippen LogP) is 3.93. The number of para-hydroxylation sites is 1. The maximum Gasteiger partial charge on any atom is 0.238 e. The fourth-order valence-electron chi connectivity index (χ4n) is 3.81. The van der Waals surface area contributed by atoms with E-state index in [2.05, 4.69) is 79.2 Å². The largest absolute Gasteiger partial charge is 0.369 e. The van der Waals surface area contributed by atoms with Gasteiger partial charge >= 0.3 is 0 Å². The van der Waals surface area contributed by atoms with Crippen LogP contribution in [0, 0.1) is 20.8 Å². The topological polar surface area (TPSA) is 35.6 Å². The second-order valence-electron chi connectivity index (χ2n) is 7.49. The number of carbonyl (C=O) groups excluding carboxylic acids is 1. The molecule has 4 heteroatoms. The fourth-order valence-corrected chi connectivity index (χ4v) is 3.81. The summed E-state index contributed by atoms with van der Waals surface area (Å²) in [4.78, 5) is 17.3. The van der Waals surface area contributed by atoms with Gasteiger partial charge in [-0.2, -0.15) is 0 Å². The lowest BCUT2D eigenvalue weighted by molar-refractivity contribution is -0.117. The lowest BCUT2D eigenvalue weighted by atomic mass is 10.1. The first kappa shape index (κ1) is 19.4. The Kier molecular flexibility index (Phi) is 6.17. The molecule has 1 aliphatic rings. The summed E-state index contributed by atoms with van der Waals surface area (Å²) in [6.07, 6.45) is 0.922. The molecule has 1 aliphatic heterocycles. The van der Waals surface area contributed by atoms with E-state index in [0.717, 1.165) is 43.9 Å². The molecule has 1 saturated heterocycles. The number of aryl methyl sites for hydroxylation is 3. The predicted molar refractivity (Wildman–Crippen MR) is 114 cm³/mol. The van der Waals surface area contributed by atoms with Gasteiger partial charge in [-0.05, 0) is 55.5 Å². The molecular formula is C23H31N3O. The number of benzene rings is 2. The van der Waals surface area contributed by atoms with Crippen LogP contribution in [0.4, 0.5) is 11.4 Å². The Hall–Kier alpha value is -2.33. The van der Waals surface area contributed by atoms with Gasteiger partial charge in [0.05, 0.1) is 6.54 Å². The maximum absolute atomic E-state index is 12.6. The smallest absolute Gasteiger partial charge is 0.238 e. The van der Waals surface area contributed by atoms with Gasteiger partial charge in [0.2, 0.25) is 5.91 Å². The molecule has 27 heavy (non-hydrogen) atoms. The van der Waals surface area contributed by atoms with Crippen LogP contribution in [0.25, 0.3) is 0 Å². The summed E-state index contributed by atoms with van der Waals surface area (Å²) in [5, 5.41) is 3.14. The third kappa shape index (κ3) is 4.51. The molecule has 3 rings (SSSR count). The van der Waals surface area contributed by atoms with Gasteiger partial charge in [-0.15, -0.1) is 0 Å². The van der Waals surface area contributed by atoms with Crippen molar-refractivity contribution in [2.75, 3.05) is 42.9 Å². The number of carbonyl (C=O) groups is 1. The van der Waals surface area contributed by atoms with E-state index in [0.29, 0.717) is 6.54 Å². The van der Waals surface area contributed by atoms with Crippen LogP contribution in [0.3, 0.4) is 0 Å². The molecular weight excluding hydrogens is 334 g/mol. The first-order chi connectivity index (χ1) is 13.0. The molecule has 0 spiro atoms. The molecule has 0 aromatic heterocycles. The number of rotatable bonds is 5. The first-order valence-corrected chi connectivity index (χ1v) is 9.91. The van der Waals surface area contributed by atoms with E-state index in [4.69, 9.17) is 0 Å². The molecule has 2 aromatic rings. The van der Waals surface area contributed by atoms with Crippen LogP contribution in [0.1, 0.15) is 29.2 Å². The zero-order valence-corrected chi connectivity index (χ0v) is 17.0. The molecule has 144 valence electrons. The average molecular weight is 366 g/mol. The SMILES string of the molecule is CCc1cccc(C)c1NC(=O)CN1CCN(c2cccc(C)c2C)CC1. The zero-order valence-electron chi connectivity index (χ0n) is 17.0. The Morgan fingerprint density at radius 2 is 1.63 bits per heavy atom. The quantitative estimate of drug-likeness (QED) is 0.872. The number of hydrogen-bond donors (Lipinski definition) is 1. The van der Waals surface area contributed by atoms with Crippen molar-refractivity contribution in [1.82, 2.24) is 4.90 Å². The number of nitrogens with zero attached hydrogens (tertiary/aromatic N) is 2. The average Bonchev–Trinajstić information content (AvgIpc) is 2.66. The third-order valence-electron chi connectivity index (χ3n) is 5.66. The summed E-state index contributed by atoms with van der Waals surface area (Å²) < 4.78 is 0. The Morgan fingerprint density at radius 1 is 0.963 bits per heavy atom. The highest BCUT2D eigenvalue weighted by Gasteiger charge is 2.21. The van der Waals surface area contributed by atoms with Crippen molar-refractivity contribution in [2.24, 2.45) is 0 Å². The highest BCUT2D eigenvalue weighted by Crippen LogP contribution is 2.24. The van der Waals surface area contributed by atoms with Crippen LogP contribution in [0.2, 0.25) is 0 Å². The van der Waals surface area contributed by atoms with E-state index < -0.39 is 0 Å². The molecule has 0 radical (unpaired) electrons. The summed E-state index contributed by atoms with van der Waals surface area (Å²) in [5.74, 6) is 0.0826. The van der Waals surface area contributed by atoms with E-state index in [-0.39, 0.29) is 5.91 Å². The summed E-state index contributed by atoms with van der Waals surface area (Å²) >= 11 is 0. The molecule has 0 aliphatic carbocycles. The lowest BCUT2D eigenvalue weighted by Crippen LogP contribution is -2.49. The molecule has 4 nitrogen and oxygen atoms in total. The number of nitrogens with one attached hydrogen (secondary N) is 1. The molecule has 1 fully saturated rings. The van der Waals surface area contributed by atoms with Crippen molar-refractivity contribution in [3.63, 3.8) is 0 Å². The molecule has 0 bridgehead atoms. The summed E-state index contributed by atoms with van der Waals surface area (Å²) in [6, 6.07) is 12.7. The van der Waals surface area contributed by atoms with Crippen LogP contribution < -0.4 is 10.2 Å². The first-order valence-electron chi connectivity index (χ1n) is 9.91. The Labute approximate surface area is 163 Å².